The van der Waals surface area contributed by atoms with Crippen LogP contribution in [-0.4, -0.2) is 17.7 Å². The number of rotatable bonds is 0. The molecule has 3 heteroatoms. The van der Waals surface area contributed by atoms with Crippen LogP contribution in [0, 0.1) is 5.92 Å². The van der Waals surface area contributed by atoms with Crippen LogP contribution in [0.25, 0.3) is 5.57 Å². The van der Waals surface area contributed by atoms with E-state index in [1.54, 1.807) is 0 Å². The molecule has 0 radical (unpaired) electrons. The lowest BCUT2D eigenvalue weighted by atomic mass is 9.90. The summed E-state index contributed by atoms with van der Waals surface area (Å²) in [5, 5.41) is 3.48. The zero-order valence-electron chi connectivity index (χ0n) is 8.89. The molecular weight excluding hydrogens is 252 g/mol. The van der Waals surface area contributed by atoms with Gasteiger partial charge in [-0.15, -0.1) is 0 Å². The minimum Gasteiger partial charge on any atom is -0.345 e. The summed E-state index contributed by atoms with van der Waals surface area (Å²) in [5.41, 5.74) is 4.45. The maximum absolute atomic E-state index is 3.68. The Hall–Kier alpha value is -0.540. The highest BCUT2D eigenvalue weighted by Gasteiger charge is 2.24. The first kappa shape index (κ1) is 9.67. The highest BCUT2D eigenvalue weighted by Crippen LogP contribution is 2.35. The molecule has 3 rings (SSSR count). The Labute approximate surface area is 98.5 Å². The van der Waals surface area contributed by atoms with E-state index in [2.05, 4.69) is 45.0 Å². The van der Waals surface area contributed by atoms with Crippen LogP contribution in [0.4, 0.5) is 0 Å². The molecule has 0 saturated carbocycles. The molecule has 1 aliphatic heterocycles. The van der Waals surface area contributed by atoms with Crippen molar-refractivity contribution in [1.29, 1.82) is 0 Å². The van der Waals surface area contributed by atoms with E-state index in [-0.39, 0.29) is 0 Å². The standard InChI is InChI=1S/C12H15BrN2/c1-8-4-9-6-14-2-3-15-7-11(13)10(5-8)12(9)15/h4,7-8,14H,2-3,5-6H2,1H3. The van der Waals surface area contributed by atoms with Crippen molar-refractivity contribution in [3.63, 3.8) is 0 Å². The molecule has 15 heavy (non-hydrogen) atoms. The molecule has 1 aliphatic carbocycles. The molecule has 2 nitrogen and oxygen atoms in total. The van der Waals surface area contributed by atoms with Crippen LogP contribution in [-0.2, 0) is 13.0 Å². The van der Waals surface area contributed by atoms with Crippen molar-refractivity contribution in [2.75, 3.05) is 13.1 Å². The average molecular weight is 267 g/mol. The monoisotopic (exact) mass is 266 g/mol. The number of aromatic nitrogens is 1. The van der Waals surface area contributed by atoms with Gasteiger partial charge in [-0.1, -0.05) is 13.0 Å². The Bertz CT molecular complexity index is 431. The van der Waals surface area contributed by atoms with Crippen molar-refractivity contribution in [3.05, 3.63) is 28.0 Å². The van der Waals surface area contributed by atoms with E-state index in [9.17, 15) is 0 Å². The molecule has 1 atom stereocenters. The Morgan fingerprint density at radius 2 is 2.40 bits per heavy atom. The maximum atomic E-state index is 3.68. The maximum Gasteiger partial charge on any atom is 0.0494 e. The van der Waals surface area contributed by atoms with Crippen LogP contribution in [0.3, 0.4) is 0 Å². The lowest BCUT2D eigenvalue weighted by Crippen LogP contribution is -2.18. The lowest BCUT2D eigenvalue weighted by Gasteiger charge is -2.19. The summed E-state index contributed by atoms with van der Waals surface area (Å²) >= 11 is 3.68. The van der Waals surface area contributed by atoms with E-state index < -0.39 is 0 Å². The molecule has 0 spiro atoms. The molecule has 0 saturated heterocycles. The van der Waals surface area contributed by atoms with Gasteiger partial charge in [-0.25, -0.2) is 0 Å². The summed E-state index contributed by atoms with van der Waals surface area (Å²) in [6, 6.07) is 0. The van der Waals surface area contributed by atoms with E-state index in [0.29, 0.717) is 5.92 Å². The predicted octanol–water partition coefficient (Wildman–Crippen LogP) is 2.43. The Morgan fingerprint density at radius 1 is 1.53 bits per heavy atom. The molecule has 0 fully saturated rings. The van der Waals surface area contributed by atoms with Crippen LogP contribution in [0.15, 0.2) is 16.7 Å². The molecule has 0 aromatic carbocycles. The molecule has 2 aliphatic rings. The van der Waals surface area contributed by atoms with Crippen molar-refractivity contribution in [3.8, 4) is 0 Å². The molecule has 80 valence electrons. The fraction of sp³-hybridized carbons (Fsp3) is 0.500. The summed E-state index contributed by atoms with van der Waals surface area (Å²) in [6.45, 7) is 5.47. The summed E-state index contributed by atoms with van der Waals surface area (Å²) in [5.74, 6) is 0.666. The zero-order chi connectivity index (χ0) is 10.4. The first-order chi connectivity index (χ1) is 7.25. The molecule has 1 N–H and O–H groups in total. The van der Waals surface area contributed by atoms with Gasteiger partial charge in [0.15, 0.2) is 0 Å². The highest BCUT2D eigenvalue weighted by atomic mass is 79.9. The molecule has 1 unspecified atom stereocenters. The third kappa shape index (κ3) is 1.49. The van der Waals surface area contributed by atoms with Crippen molar-refractivity contribution >= 4 is 21.5 Å². The van der Waals surface area contributed by atoms with E-state index in [4.69, 9.17) is 0 Å². The smallest absolute Gasteiger partial charge is 0.0494 e. The summed E-state index contributed by atoms with van der Waals surface area (Å²) in [4.78, 5) is 0. The molecular formula is C12H15BrN2. The quantitative estimate of drug-likeness (QED) is 0.764. The van der Waals surface area contributed by atoms with Crippen LogP contribution in [0.1, 0.15) is 18.2 Å². The van der Waals surface area contributed by atoms with Gasteiger partial charge in [0.2, 0.25) is 0 Å². The van der Waals surface area contributed by atoms with E-state index in [0.717, 1.165) is 19.6 Å². The van der Waals surface area contributed by atoms with Crippen LogP contribution in [0.2, 0.25) is 0 Å². The lowest BCUT2D eigenvalue weighted by molar-refractivity contribution is 0.648. The second kappa shape index (κ2) is 3.49. The van der Waals surface area contributed by atoms with Crippen molar-refractivity contribution < 1.29 is 0 Å². The molecule has 0 bridgehead atoms. The first-order valence-corrected chi connectivity index (χ1v) is 6.34. The van der Waals surface area contributed by atoms with Gasteiger partial charge in [-0.3, -0.25) is 0 Å². The number of hydrogen-bond donors (Lipinski definition) is 1. The predicted molar refractivity (Wildman–Crippen MR) is 65.8 cm³/mol. The van der Waals surface area contributed by atoms with E-state index in [1.165, 1.54) is 27.7 Å². The van der Waals surface area contributed by atoms with Gasteiger partial charge >= 0.3 is 0 Å². The van der Waals surface area contributed by atoms with Gasteiger partial charge in [-0.2, -0.15) is 0 Å². The molecule has 1 aromatic heterocycles. The minimum atomic E-state index is 0.666. The summed E-state index contributed by atoms with van der Waals surface area (Å²) in [7, 11) is 0. The number of hydrogen-bond acceptors (Lipinski definition) is 1. The molecule has 0 amide bonds. The summed E-state index contributed by atoms with van der Waals surface area (Å²) in [6.07, 6.45) is 5.83. The normalized spacial score (nSPS) is 24.4. The van der Waals surface area contributed by atoms with Crippen LogP contribution >= 0.6 is 15.9 Å². The number of nitrogens with zero attached hydrogens (tertiary/aromatic N) is 1. The fourth-order valence-electron chi connectivity index (χ4n) is 2.68. The number of allylic oxidation sites excluding steroid dienone is 1. The van der Waals surface area contributed by atoms with Crippen LogP contribution in [0.5, 0.6) is 0 Å². The van der Waals surface area contributed by atoms with Gasteiger partial charge in [0.1, 0.15) is 0 Å². The number of halogens is 1. The van der Waals surface area contributed by atoms with Crippen molar-refractivity contribution in [2.45, 2.75) is 19.9 Å². The third-order valence-electron chi connectivity index (χ3n) is 3.29. The molecule has 2 heterocycles. The Morgan fingerprint density at radius 3 is 3.27 bits per heavy atom. The van der Waals surface area contributed by atoms with E-state index in [1.807, 2.05) is 0 Å². The zero-order valence-corrected chi connectivity index (χ0v) is 10.5. The SMILES string of the molecule is CC1C=C2CNCCn3cc(Br)c(c32)C1. The first-order valence-electron chi connectivity index (χ1n) is 5.55. The largest absolute Gasteiger partial charge is 0.345 e. The second-order valence-corrected chi connectivity index (χ2v) is 5.40. The average Bonchev–Trinajstić information content (AvgIpc) is 2.40. The minimum absolute atomic E-state index is 0.666. The van der Waals surface area contributed by atoms with Crippen molar-refractivity contribution in [1.82, 2.24) is 9.88 Å². The van der Waals surface area contributed by atoms with Gasteiger partial charge < -0.3 is 9.88 Å². The third-order valence-corrected chi connectivity index (χ3v) is 3.97. The van der Waals surface area contributed by atoms with Gasteiger partial charge in [0, 0.05) is 36.0 Å². The Balaban J connectivity index is 2.21. The number of nitrogens with one attached hydrogen (secondary N) is 1. The Kier molecular flexibility index (Phi) is 2.25. The summed E-state index contributed by atoms with van der Waals surface area (Å²) < 4.78 is 3.67. The van der Waals surface area contributed by atoms with E-state index >= 15 is 0 Å². The highest BCUT2D eigenvalue weighted by molar-refractivity contribution is 9.10. The molecule has 1 aromatic rings. The second-order valence-electron chi connectivity index (χ2n) is 4.55. The van der Waals surface area contributed by atoms with Crippen LogP contribution < -0.4 is 5.32 Å². The van der Waals surface area contributed by atoms with Crippen molar-refractivity contribution in [2.24, 2.45) is 5.92 Å². The fourth-order valence-corrected chi connectivity index (χ4v) is 3.28. The van der Waals surface area contributed by atoms with Gasteiger partial charge in [0.05, 0.1) is 0 Å². The van der Waals surface area contributed by atoms with Gasteiger partial charge in [-0.05, 0) is 39.4 Å². The van der Waals surface area contributed by atoms with Gasteiger partial charge in [0.25, 0.3) is 0 Å². The topological polar surface area (TPSA) is 17.0 Å².